The maximum Gasteiger partial charge on any atom is 0.340 e. The van der Waals surface area contributed by atoms with Gasteiger partial charge in [0.1, 0.15) is 12.3 Å². The van der Waals surface area contributed by atoms with Crippen molar-refractivity contribution in [2.24, 2.45) is 0 Å². The average molecular weight is 305 g/mol. The molecule has 0 amide bonds. The molecule has 0 aliphatic rings. The first-order valence-electron chi connectivity index (χ1n) is 7.38. The Morgan fingerprint density at radius 1 is 1.22 bits per heavy atom. The number of para-hydroxylation sites is 1. The normalized spacial score (nSPS) is 11.2. The summed E-state index contributed by atoms with van der Waals surface area (Å²) in [5.41, 5.74) is 4.18. The fourth-order valence-corrected chi connectivity index (χ4v) is 2.68. The van der Waals surface area contributed by atoms with Gasteiger partial charge in [0.2, 0.25) is 0 Å². The molecule has 23 heavy (non-hydrogen) atoms. The standard InChI is InChI=1S/C18H15N3O2/c1-12-6-7-17-20-13(10-21(17)9-12)11-23-18(22)15-8-19-16-5-3-2-4-14(15)16/h2-10,19H,11H2,1H3. The van der Waals surface area contributed by atoms with Crippen LogP contribution in [0.1, 0.15) is 21.6 Å². The number of aromatic nitrogens is 3. The number of nitrogens with zero attached hydrogens (tertiary/aromatic N) is 2. The summed E-state index contributed by atoms with van der Waals surface area (Å²) in [6.07, 6.45) is 5.55. The molecule has 0 fully saturated rings. The van der Waals surface area contributed by atoms with Crippen LogP contribution in [0.2, 0.25) is 0 Å². The van der Waals surface area contributed by atoms with E-state index < -0.39 is 0 Å². The number of hydrogen-bond donors (Lipinski definition) is 1. The first-order valence-corrected chi connectivity index (χ1v) is 7.38. The van der Waals surface area contributed by atoms with Crippen LogP contribution in [0.5, 0.6) is 0 Å². The first kappa shape index (κ1) is 13.6. The van der Waals surface area contributed by atoms with Crippen LogP contribution in [0.15, 0.2) is 55.0 Å². The molecule has 0 radical (unpaired) electrons. The van der Waals surface area contributed by atoms with Crippen molar-refractivity contribution >= 4 is 22.5 Å². The van der Waals surface area contributed by atoms with Gasteiger partial charge in [-0.15, -0.1) is 0 Å². The van der Waals surface area contributed by atoms with E-state index in [2.05, 4.69) is 9.97 Å². The second-order valence-electron chi connectivity index (χ2n) is 5.53. The molecular weight excluding hydrogens is 290 g/mol. The van der Waals surface area contributed by atoms with E-state index in [-0.39, 0.29) is 12.6 Å². The molecule has 0 saturated carbocycles. The Kier molecular flexibility index (Phi) is 3.12. The van der Waals surface area contributed by atoms with Crippen LogP contribution in [-0.2, 0) is 11.3 Å². The number of H-pyrrole nitrogens is 1. The smallest absolute Gasteiger partial charge is 0.340 e. The Morgan fingerprint density at radius 2 is 2.09 bits per heavy atom. The molecule has 5 nitrogen and oxygen atoms in total. The molecular formula is C18H15N3O2. The molecule has 0 spiro atoms. The summed E-state index contributed by atoms with van der Waals surface area (Å²) >= 11 is 0. The van der Waals surface area contributed by atoms with Gasteiger partial charge in [0, 0.05) is 29.5 Å². The molecule has 114 valence electrons. The molecule has 5 heteroatoms. The lowest BCUT2D eigenvalue weighted by Crippen LogP contribution is -2.04. The van der Waals surface area contributed by atoms with Gasteiger partial charge in [-0.05, 0) is 24.6 Å². The Hall–Kier alpha value is -3.08. The summed E-state index contributed by atoms with van der Waals surface area (Å²) in [6, 6.07) is 11.6. The van der Waals surface area contributed by atoms with Crippen molar-refractivity contribution < 1.29 is 9.53 Å². The monoisotopic (exact) mass is 305 g/mol. The number of esters is 1. The van der Waals surface area contributed by atoms with Crippen LogP contribution in [0.4, 0.5) is 0 Å². The van der Waals surface area contributed by atoms with Crippen molar-refractivity contribution in [1.82, 2.24) is 14.4 Å². The van der Waals surface area contributed by atoms with E-state index in [1.807, 2.05) is 60.1 Å². The van der Waals surface area contributed by atoms with Crippen LogP contribution in [0.3, 0.4) is 0 Å². The Morgan fingerprint density at radius 3 is 3.00 bits per heavy atom. The molecule has 3 heterocycles. The summed E-state index contributed by atoms with van der Waals surface area (Å²) in [6.45, 7) is 2.18. The summed E-state index contributed by atoms with van der Waals surface area (Å²) < 4.78 is 7.34. The van der Waals surface area contributed by atoms with Crippen molar-refractivity contribution in [1.29, 1.82) is 0 Å². The first-order chi connectivity index (χ1) is 11.2. The number of aryl methyl sites for hydroxylation is 1. The van der Waals surface area contributed by atoms with Gasteiger partial charge >= 0.3 is 5.97 Å². The minimum absolute atomic E-state index is 0.152. The van der Waals surface area contributed by atoms with E-state index in [1.165, 1.54) is 0 Å². The third-order valence-corrected chi connectivity index (χ3v) is 3.81. The van der Waals surface area contributed by atoms with Crippen molar-refractivity contribution in [3.63, 3.8) is 0 Å². The van der Waals surface area contributed by atoms with Crippen molar-refractivity contribution in [2.75, 3.05) is 0 Å². The Labute approximate surface area is 132 Å². The quantitative estimate of drug-likeness (QED) is 0.589. The molecule has 0 aliphatic heterocycles. The third kappa shape index (κ3) is 2.46. The van der Waals surface area contributed by atoms with Gasteiger partial charge in [-0.3, -0.25) is 0 Å². The van der Waals surface area contributed by atoms with E-state index in [4.69, 9.17) is 4.74 Å². The maximum absolute atomic E-state index is 12.3. The van der Waals surface area contributed by atoms with Gasteiger partial charge in [-0.25, -0.2) is 9.78 Å². The molecule has 1 aromatic carbocycles. The van der Waals surface area contributed by atoms with E-state index in [9.17, 15) is 4.79 Å². The lowest BCUT2D eigenvalue weighted by atomic mass is 10.2. The highest BCUT2D eigenvalue weighted by Gasteiger charge is 2.14. The van der Waals surface area contributed by atoms with E-state index in [0.29, 0.717) is 5.56 Å². The highest BCUT2D eigenvalue weighted by molar-refractivity contribution is 6.03. The molecule has 0 unspecified atom stereocenters. The van der Waals surface area contributed by atoms with Gasteiger partial charge in [0.05, 0.1) is 11.3 Å². The predicted octanol–water partition coefficient (Wildman–Crippen LogP) is 3.48. The van der Waals surface area contributed by atoms with Gasteiger partial charge in [0.25, 0.3) is 0 Å². The molecule has 1 N–H and O–H groups in total. The van der Waals surface area contributed by atoms with Crippen molar-refractivity contribution in [2.45, 2.75) is 13.5 Å². The Balaban J connectivity index is 1.54. The minimum Gasteiger partial charge on any atom is -0.455 e. The number of pyridine rings is 1. The molecule has 0 aliphatic carbocycles. The number of carbonyl (C=O) groups excluding carboxylic acids is 1. The number of benzene rings is 1. The summed E-state index contributed by atoms with van der Waals surface area (Å²) in [7, 11) is 0. The lowest BCUT2D eigenvalue weighted by molar-refractivity contribution is 0.0470. The molecule has 4 aromatic rings. The molecule has 0 saturated heterocycles. The average Bonchev–Trinajstić information content (AvgIpc) is 3.15. The van der Waals surface area contributed by atoms with E-state index in [1.54, 1.807) is 6.20 Å². The Bertz CT molecular complexity index is 1010. The van der Waals surface area contributed by atoms with Gasteiger partial charge in [-0.1, -0.05) is 24.3 Å². The van der Waals surface area contributed by atoms with Gasteiger partial charge in [0.15, 0.2) is 0 Å². The largest absolute Gasteiger partial charge is 0.455 e. The number of fused-ring (bicyclic) bond motifs is 2. The number of nitrogens with one attached hydrogen (secondary N) is 1. The molecule has 3 aromatic heterocycles. The second kappa shape index (κ2) is 5.28. The molecule has 0 bridgehead atoms. The zero-order valence-electron chi connectivity index (χ0n) is 12.6. The van der Waals surface area contributed by atoms with Gasteiger partial charge in [-0.2, -0.15) is 0 Å². The number of imidazole rings is 1. The fraction of sp³-hybridized carbons (Fsp3) is 0.111. The van der Waals surface area contributed by atoms with Crippen molar-refractivity contribution in [3.05, 3.63) is 71.8 Å². The van der Waals surface area contributed by atoms with E-state index >= 15 is 0 Å². The number of carbonyl (C=O) groups is 1. The summed E-state index contributed by atoms with van der Waals surface area (Å²) in [5.74, 6) is -0.351. The maximum atomic E-state index is 12.3. The third-order valence-electron chi connectivity index (χ3n) is 3.81. The lowest BCUT2D eigenvalue weighted by Gasteiger charge is -2.01. The van der Waals surface area contributed by atoms with Crippen LogP contribution in [0.25, 0.3) is 16.6 Å². The topological polar surface area (TPSA) is 59.4 Å². The summed E-state index contributed by atoms with van der Waals surface area (Å²) in [5, 5.41) is 0.864. The zero-order valence-corrected chi connectivity index (χ0v) is 12.6. The highest BCUT2D eigenvalue weighted by Crippen LogP contribution is 2.19. The van der Waals surface area contributed by atoms with Crippen LogP contribution in [-0.4, -0.2) is 20.3 Å². The number of hydrogen-bond acceptors (Lipinski definition) is 3. The number of ether oxygens (including phenoxy) is 1. The van der Waals surface area contributed by atoms with Crippen LogP contribution in [0, 0.1) is 6.92 Å². The van der Waals surface area contributed by atoms with Gasteiger partial charge < -0.3 is 14.1 Å². The van der Waals surface area contributed by atoms with Crippen molar-refractivity contribution in [3.8, 4) is 0 Å². The SMILES string of the molecule is Cc1ccc2nc(COC(=O)c3c[nH]c4ccccc34)cn2c1. The summed E-state index contributed by atoms with van der Waals surface area (Å²) in [4.78, 5) is 19.8. The molecule has 4 rings (SSSR count). The zero-order chi connectivity index (χ0) is 15.8. The minimum atomic E-state index is -0.351. The van der Waals surface area contributed by atoms with Crippen LogP contribution < -0.4 is 0 Å². The highest BCUT2D eigenvalue weighted by atomic mass is 16.5. The van der Waals surface area contributed by atoms with Crippen LogP contribution >= 0.6 is 0 Å². The predicted molar refractivity (Wildman–Crippen MR) is 87.3 cm³/mol. The second-order valence-corrected chi connectivity index (χ2v) is 5.53. The fourth-order valence-electron chi connectivity index (χ4n) is 2.68. The number of rotatable bonds is 3. The van der Waals surface area contributed by atoms with E-state index in [0.717, 1.165) is 27.8 Å². The number of aromatic amines is 1. The molecule has 0 atom stereocenters.